The molecule has 0 radical (unpaired) electrons. The van der Waals surface area contributed by atoms with Gasteiger partial charge in [-0.15, -0.1) is 11.8 Å². The van der Waals surface area contributed by atoms with E-state index in [9.17, 15) is 0 Å². The van der Waals surface area contributed by atoms with E-state index in [0.717, 1.165) is 45.5 Å². The van der Waals surface area contributed by atoms with E-state index in [1.54, 1.807) is 11.8 Å². The van der Waals surface area contributed by atoms with Crippen LogP contribution in [0, 0.1) is 13.8 Å². The van der Waals surface area contributed by atoms with Crippen LogP contribution in [-0.4, -0.2) is 16.2 Å². The fourth-order valence-electron chi connectivity index (χ4n) is 3.27. The first-order valence-electron chi connectivity index (χ1n) is 9.63. The van der Waals surface area contributed by atoms with Gasteiger partial charge in [-0.3, -0.25) is 0 Å². The number of aromatic nitrogens is 2. The van der Waals surface area contributed by atoms with E-state index in [0.29, 0.717) is 6.61 Å². The number of nitrogens with zero attached hydrogens (tertiary/aromatic N) is 2. The second kappa shape index (κ2) is 8.93. The molecule has 0 aliphatic heterocycles. The lowest BCUT2D eigenvalue weighted by atomic mass is 10.1. The number of benzene rings is 3. The lowest BCUT2D eigenvalue weighted by Crippen LogP contribution is -2.11. The molecule has 148 valence electrons. The molecule has 4 aromatic rings. The molecule has 0 atom stereocenters. The van der Waals surface area contributed by atoms with Crippen molar-refractivity contribution in [2.45, 2.75) is 31.0 Å². The highest BCUT2D eigenvalue weighted by Crippen LogP contribution is 2.26. The van der Waals surface area contributed by atoms with E-state index in [2.05, 4.69) is 54.8 Å². The molecule has 1 heterocycles. The molecule has 5 heteroatoms. The van der Waals surface area contributed by atoms with Crippen molar-refractivity contribution >= 4 is 34.4 Å². The fraction of sp³-hybridized carbons (Fsp3) is 0.208. The summed E-state index contributed by atoms with van der Waals surface area (Å²) in [4.78, 5) is 6.04. The Balaban J connectivity index is 1.51. The SMILES string of the molecule is Cc1ccc(C)c(OCCn2c(CSc3ccc(Cl)cc3)nc3ccccc32)c1. The topological polar surface area (TPSA) is 27.1 Å². The maximum absolute atomic E-state index is 6.10. The number of imidazole rings is 1. The molecular formula is C24H23ClN2OS. The Hall–Kier alpha value is -2.43. The maximum Gasteiger partial charge on any atom is 0.122 e. The summed E-state index contributed by atoms with van der Waals surface area (Å²) in [5.41, 5.74) is 4.53. The van der Waals surface area contributed by atoms with Gasteiger partial charge in [0.1, 0.15) is 18.2 Å². The largest absolute Gasteiger partial charge is 0.491 e. The Bertz CT molecular complexity index is 1120. The van der Waals surface area contributed by atoms with Crippen molar-refractivity contribution in [2.24, 2.45) is 0 Å². The number of para-hydroxylation sites is 2. The van der Waals surface area contributed by atoms with Crippen LogP contribution in [0.5, 0.6) is 5.75 Å². The molecule has 4 rings (SSSR count). The highest BCUT2D eigenvalue weighted by Gasteiger charge is 2.11. The number of halogens is 1. The van der Waals surface area contributed by atoms with Gasteiger partial charge in [0.25, 0.3) is 0 Å². The zero-order chi connectivity index (χ0) is 20.2. The number of hydrogen-bond donors (Lipinski definition) is 0. The van der Waals surface area contributed by atoms with Gasteiger partial charge in [0.2, 0.25) is 0 Å². The Labute approximate surface area is 180 Å². The molecule has 3 nitrogen and oxygen atoms in total. The number of hydrogen-bond acceptors (Lipinski definition) is 3. The Kier molecular flexibility index (Phi) is 6.12. The summed E-state index contributed by atoms with van der Waals surface area (Å²) >= 11 is 7.76. The molecule has 0 fully saturated rings. The van der Waals surface area contributed by atoms with E-state index in [1.807, 2.05) is 30.3 Å². The van der Waals surface area contributed by atoms with Gasteiger partial charge in [0.15, 0.2) is 0 Å². The monoisotopic (exact) mass is 422 g/mol. The number of fused-ring (bicyclic) bond motifs is 1. The van der Waals surface area contributed by atoms with Crippen LogP contribution in [0.3, 0.4) is 0 Å². The number of rotatable bonds is 7. The molecule has 0 amide bonds. The minimum atomic E-state index is 0.600. The Morgan fingerprint density at radius 1 is 1.00 bits per heavy atom. The summed E-state index contributed by atoms with van der Waals surface area (Å²) in [5, 5.41) is 0.755. The van der Waals surface area contributed by atoms with Crippen molar-refractivity contribution in [3.63, 3.8) is 0 Å². The number of aryl methyl sites for hydroxylation is 2. The van der Waals surface area contributed by atoms with Gasteiger partial charge in [0, 0.05) is 9.92 Å². The minimum Gasteiger partial charge on any atom is -0.491 e. The smallest absolute Gasteiger partial charge is 0.122 e. The van der Waals surface area contributed by atoms with Crippen molar-refractivity contribution in [3.05, 3.63) is 88.7 Å². The molecule has 0 aliphatic carbocycles. The van der Waals surface area contributed by atoms with Crippen molar-refractivity contribution in [2.75, 3.05) is 6.61 Å². The highest BCUT2D eigenvalue weighted by molar-refractivity contribution is 7.98. The van der Waals surface area contributed by atoms with Crippen LogP contribution in [0.1, 0.15) is 17.0 Å². The normalized spacial score (nSPS) is 11.1. The van der Waals surface area contributed by atoms with Crippen LogP contribution in [0.25, 0.3) is 11.0 Å². The third-order valence-corrected chi connectivity index (χ3v) is 6.09. The van der Waals surface area contributed by atoms with E-state index in [4.69, 9.17) is 21.3 Å². The summed E-state index contributed by atoms with van der Waals surface area (Å²) < 4.78 is 8.37. The van der Waals surface area contributed by atoms with Gasteiger partial charge in [-0.2, -0.15) is 0 Å². The van der Waals surface area contributed by atoms with E-state index in [1.165, 1.54) is 10.5 Å². The van der Waals surface area contributed by atoms with Crippen LogP contribution >= 0.6 is 23.4 Å². The zero-order valence-corrected chi connectivity index (χ0v) is 18.1. The van der Waals surface area contributed by atoms with Crippen LogP contribution in [-0.2, 0) is 12.3 Å². The second-order valence-electron chi connectivity index (χ2n) is 7.03. The van der Waals surface area contributed by atoms with Gasteiger partial charge in [-0.1, -0.05) is 35.9 Å². The number of thioether (sulfide) groups is 1. The Morgan fingerprint density at radius 3 is 2.62 bits per heavy atom. The average Bonchev–Trinajstić information content (AvgIpc) is 3.08. The van der Waals surface area contributed by atoms with Crippen LogP contribution in [0.4, 0.5) is 0 Å². The van der Waals surface area contributed by atoms with Gasteiger partial charge in [0.05, 0.1) is 23.3 Å². The van der Waals surface area contributed by atoms with Gasteiger partial charge < -0.3 is 9.30 Å². The molecule has 0 unspecified atom stereocenters. The zero-order valence-electron chi connectivity index (χ0n) is 16.6. The van der Waals surface area contributed by atoms with Crippen molar-refractivity contribution in [3.8, 4) is 5.75 Å². The summed E-state index contributed by atoms with van der Waals surface area (Å²) in [7, 11) is 0. The fourth-order valence-corrected chi connectivity index (χ4v) is 4.24. The molecule has 3 aromatic carbocycles. The van der Waals surface area contributed by atoms with Crippen LogP contribution < -0.4 is 4.74 Å². The molecule has 1 aromatic heterocycles. The van der Waals surface area contributed by atoms with Crippen LogP contribution in [0.2, 0.25) is 5.02 Å². The first kappa shape index (κ1) is 19.9. The van der Waals surface area contributed by atoms with E-state index >= 15 is 0 Å². The van der Waals surface area contributed by atoms with Gasteiger partial charge >= 0.3 is 0 Å². The van der Waals surface area contributed by atoms with Crippen molar-refractivity contribution in [1.29, 1.82) is 0 Å². The molecule has 0 saturated carbocycles. The lowest BCUT2D eigenvalue weighted by molar-refractivity contribution is 0.297. The second-order valence-corrected chi connectivity index (χ2v) is 8.51. The lowest BCUT2D eigenvalue weighted by Gasteiger charge is -2.13. The van der Waals surface area contributed by atoms with Crippen LogP contribution in [0.15, 0.2) is 71.6 Å². The third kappa shape index (κ3) is 4.77. The minimum absolute atomic E-state index is 0.600. The van der Waals surface area contributed by atoms with Gasteiger partial charge in [-0.05, 0) is 67.4 Å². The summed E-state index contributed by atoms with van der Waals surface area (Å²) in [6.45, 7) is 5.52. The van der Waals surface area contributed by atoms with Gasteiger partial charge in [-0.25, -0.2) is 4.98 Å². The number of ether oxygens (including phenoxy) is 1. The highest BCUT2D eigenvalue weighted by atomic mass is 35.5. The molecule has 0 aliphatic rings. The van der Waals surface area contributed by atoms with Crippen molar-refractivity contribution < 1.29 is 4.74 Å². The maximum atomic E-state index is 6.10. The predicted octanol–water partition coefficient (Wildman–Crippen LogP) is 6.68. The Morgan fingerprint density at radius 2 is 1.79 bits per heavy atom. The molecule has 0 bridgehead atoms. The molecule has 0 N–H and O–H groups in total. The molecule has 0 saturated heterocycles. The first-order chi connectivity index (χ1) is 14.1. The average molecular weight is 423 g/mol. The molecule has 0 spiro atoms. The van der Waals surface area contributed by atoms with Crippen molar-refractivity contribution in [1.82, 2.24) is 9.55 Å². The van der Waals surface area contributed by atoms with E-state index in [-0.39, 0.29) is 0 Å². The standard InChI is InChI=1S/C24H23ClN2OS/c1-17-7-8-18(2)23(15-17)28-14-13-27-22-6-4-3-5-21(22)26-24(27)16-29-20-11-9-19(25)10-12-20/h3-12,15H,13-14,16H2,1-2H3. The summed E-state index contributed by atoms with van der Waals surface area (Å²) in [6.07, 6.45) is 0. The quantitative estimate of drug-likeness (QED) is 0.311. The molecule has 29 heavy (non-hydrogen) atoms. The summed E-state index contributed by atoms with van der Waals surface area (Å²) in [5.74, 6) is 2.79. The summed E-state index contributed by atoms with van der Waals surface area (Å²) in [6, 6.07) is 22.5. The molecular weight excluding hydrogens is 400 g/mol. The first-order valence-corrected chi connectivity index (χ1v) is 11.0. The predicted molar refractivity (Wildman–Crippen MR) is 122 cm³/mol. The van der Waals surface area contributed by atoms with E-state index < -0.39 is 0 Å². The third-order valence-electron chi connectivity index (χ3n) is 4.83.